The molecular formula is C15H15N3O2. The molecule has 2 aromatic heterocycles. The summed E-state index contributed by atoms with van der Waals surface area (Å²) < 4.78 is 0. The van der Waals surface area contributed by atoms with Crippen LogP contribution in [0.15, 0.2) is 41.3 Å². The molecular weight excluding hydrogens is 254 g/mol. The van der Waals surface area contributed by atoms with Crippen molar-refractivity contribution in [2.75, 3.05) is 13.1 Å². The first-order valence-electron chi connectivity index (χ1n) is 6.70. The third kappa shape index (κ3) is 2.34. The van der Waals surface area contributed by atoms with Gasteiger partial charge in [-0.15, -0.1) is 0 Å². The van der Waals surface area contributed by atoms with Gasteiger partial charge in [-0.3, -0.25) is 14.6 Å². The average Bonchev–Trinajstić information content (AvgIpc) is 3.01. The second-order valence-electron chi connectivity index (χ2n) is 4.83. The molecule has 1 aliphatic rings. The van der Waals surface area contributed by atoms with Crippen molar-refractivity contribution in [2.45, 2.75) is 12.8 Å². The number of pyridine rings is 2. The molecule has 102 valence electrons. The van der Waals surface area contributed by atoms with Crippen LogP contribution in [0.4, 0.5) is 0 Å². The summed E-state index contributed by atoms with van der Waals surface area (Å²) in [5.41, 5.74) is 1.15. The Balaban J connectivity index is 1.92. The number of rotatable bonds is 2. The summed E-state index contributed by atoms with van der Waals surface area (Å²) >= 11 is 0. The summed E-state index contributed by atoms with van der Waals surface area (Å²) in [4.78, 5) is 32.9. The summed E-state index contributed by atoms with van der Waals surface area (Å²) in [6, 6.07) is 8.79. The van der Waals surface area contributed by atoms with Crippen LogP contribution < -0.4 is 5.56 Å². The summed E-state index contributed by atoms with van der Waals surface area (Å²) in [5, 5.41) is 0. The van der Waals surface area contributed by atoms with Gasteiger partial charge in [0.15, 0.2) is 0 Å². The maximum Gasteiger partial charge on any atom is 0.261 e. The van der Waals surface area contributed by atoms with Crippen molar-refractivity contribution in [3.8, 4) is 11.4 Å². The van der Waals surface area contributed by atoms with Gasteiger partial charge in [0.25, 0.3) is 11.5 Å². The lowest BCUT2D eigenvalue weighted by molar-refractivity contribution is 0.0791. The van der Waals surface area contributed by atoms with Crippen LogP contribution in [0.3, 0.4) is 0 Å². The van der Waals surface area contributed by atoms with Crippen LogP contribution in [-0.2, 0) is 0 Å². The number of likely N-dealkylation sites (tertiary alicyclic amines) is 1. The number of aromatic amines is 1. The van der Waals surface area contributed by atoms with E-state index in [9.17, 15) is 9.59 Å². The van der Waals surface area contributed by atoms with Gasteiger partial charge in [0.05, 0.1) is 11.4 Å². The van der Waals surface area contributed by atoms with Gasteiger partial charge in [0.1, 0.15) is 5.56 Å². The van der Waals surface area contributed by atoms with E-state index in [-0.39, 0.29) is 17.0 Å². The molecule has 3 rings (SSSR count). The first-order chi connectivity index (χ1) is 9.75. The fraction of sp³-hybridized carbons (Fsp3) is 0.267. The van der Waals surface area contributed by atoms with Gasteiger partial charge in [-0.25, -0.2) is 0 Å². The van der Waals surface area contributed by atoms with Gasteiger partial charge in [-0.05, 0) is 37.1 Å². The van der Waals surface area contributed by atoms with Gasteiger partial charge < -0.3 is 9.88 Å². The third-order valence-electron chi connectivity index (χ3n) is 3.47. The Morgan fingerprint density at radius 3 is 2.60 bits per heavy atom. The van der Waals surface area contributed by atoms with E-state index >= 15 is 0 Å². The number of aromatic nitrogens is 2. The minimum atomic E-state index is -0.356. The quantitative estimate of drug-likeness (QED) is 0.902. The monoisotopic (exact) mass is 269 g/mol. The Kier molecular flexibility index (Phi) is 3.33. The number of H-pyrrole nitrogens is 1. The van der Waals surface area contributed by atoms with Gasteiger partial charge in [-0.2, -0.15) is 0 Å². The van der Waals surface area contributed by atoms with Crippen molar-refractivity contribution in [2.24, 2.45) is 0 Å². The van der Waals surface area contributed by atoms with Crippen LogP contribution in [0.5, 0.6) is 0 Å². The first kappa shape index (κ1) is 12.6. The molecule has 0 saturated carbocycles. The third-order valence-corrected chi connectivity index (χ3v) is 3.47. The largest absolute Gasteiger partial charge is 0.338 e. The second-order valence-corrected chi connectivity index (χ2v) is 4.83. The van der Waals surface area contributed by atoms with Crippen LogP contribution in [0.1, 0.15) is 23.2 Å². The number of carbonyl (C=O) groups is 1. The lowest BCUT2D eigenvalue weighted by atomic mass is 10.2. The Morgan fingerprint density at radius 2 is 1.95 bits per heavy atom. The standard InChI is InChI=1S/C15H15N3O2/c19-14-11(15(20)18-9-3-4-10-18)6-7-13(17-14)12-5-1-2-8-16-12/h1-2,5-8H,3-4,9-10H2,(H,17,19). The first-order valence-corrected chi connectivity index (χ1v) is 6.70. The van der Waals surface area contributed by atoms with E-state index < -0.39 is 0 Å². The van der Waals surface area contributed by atoms with Crippen LogP contribution >= 0.6 is 0 Å². The van der Waals surface area contributed by atoms with E-state index in [1.165, 1.54) is 0 Å². The zero-order chi connectivity index (χ0) is 13.9. The molecule has 0 bridgehead atoms. The fourth-order valence-corrected chi connectivity index (χ4v) is 2.40. The molecule has 0 unspecified atom stereocenters. The SMILES string of the molecule is O=C(c1ccc(-c2ccccn2)[nH]c1=O)N1CCCC1. The molecule has 0 spiro atoms. The number of amides is 1. The van der Waals surface area contributed by atoms with E-state index in [4.69, 9.17) is 0 Å². The normalized spacial score (nSPS) is 14.5. The Hall–Kier alpha value is -2.43. The van der Waals surface area contributed by atoms with Crippen LogP contribution in [0.25, 0.3) is 11.4 Å². The predicted molar refractivity (Wildman–Crippen MR) is 75.4 cm³/mol. The van der Waals surface area contributed by atoms with Gasteiger partial charge in [0, 0.05) is 19.3 Å². The predicted octanol–water partition coefficient (Wildman–Crippen LogP) is 1.67. The van der Waals surface area contributed by atoms with Crippen molar-refractivity contribution in [3.63, 3.8) is 0 Å². The van der Waals surface area contributed by atoms with Crippen LogP contribution in [0.2, 0.25) is 0 Å². The molecule has 1 saturated heterocycles. The molecule has 5 nitrogen and oxygen atoms in total. The highest BCUT2D eigenvalue weighted by atomic mass is 16.2. The van der Waals surface area contributed by atoms with Crippen molar-refractivity contribution >= 4 is 5.91 Å². The number of nitrogens with one attached hydrogen (secondary N) is 1. The molecule has 20 heavy (non-hydrogen) atoms. The molecule has 1 amide bonds. The lowest BCUT2D eigenvalue weighted by Gasteiger charge is -2.14. The van der Waals surface area contributed by atoms with Gasteiger partial charge in [-0.1, -0.05) is 6.07 Å². The van der Waals surface area contributed by atoms with Crippen LogP contribution in [-0.4, -0.2) is 33.9 Å². The minimum Gasteiger partial charge on any atom is -0.338 e. The zero-order valence-electron chi connectivity index (χ0n) is 11.0. The number of hydrogen-bond acceptors (Lipinski definition) is 3. The molecule has 2 aromatic rings. The zero-order valence-corrected chi connectivity index (χ0v) is 11.0. The second kappa shape index (κ2) is 5.28. The Bertz CT molecular complexity index is 673. The van der Waals surface area contributed by atoms with Crippen molar-refractivity contribution in [1.82, 2.24) is 14.9 Å². The molecule has 3 heterocycles. The molecule has 0 aliphatic carbocycles. The highest BCUT2D eigenvalue weighted by Crippen LogP contribution is 2.14. The minimum absolute atomic E-state index is 0.184. The van der Waals surface area contributed by atoms with Crippen molar-refractivity contribution in [1.29, 1.82) is 0 Å². The molecule has 0 radical (unpaired) electrons. The van der Waals surface area contributed by atoms with E-state index in [1.807, 2.05) is 18.2 Å². The maximum absolute atomic E-state index is 12.2. The molecule has 5 heteroatoms. The lowest BCUT2D eigenvalue weighted by Crippen LogP contribution is -2.32. The molecule has 0 atom stereocenters. The fourth-order valence-electron chi connectivity index (χ4n) is 2.40. The van der Waals surface area contributed by atoms with E-state index in [2.05, 4.69) is 9.97 Å². The van der Waals surface area contributed by atoms with Crippen LogP contribution in [0, 0.1) is 0 Å². The van der Waals surface area contributed by atoms with E-state index in [1.54, 1.807) is 23.2 Å². The van der Waals surface area contributed by atoms with Gasteiger partial charge >= 0.3 is 0 Å². The highest BCUT2D eigenvalue weighted by Gasteiger charge is 2.21. The van der Waals surface area contributed by atoms with E-state index in [0.29, 0.717) is 11.4 Å². The summed E-state index contributed by atoms with van der Waals surface area (Å²) in [6.45, 7) is 1.47. The van der Waals surface area contributed by atoms with Crippen molar-refractivity contribution in [3.05, 3.63) is 52.4 Å². The summed E-state index contributed by atoms with van der Waals surface area (Å²) in [6.07, 6.45) is 3.68. The smallest absolute Gasteiger partial charge is 0.261 e. The Morgan fingerprint density at radius 1 is 1.15 bits per heavy atom. The Labute approximate surface area is 116 Å². The number of hydrogen-bond donors (Lipinski definition) is 1. The summed E-state index contributed by atoms with van der Waals surface area (Å²) in [7, 11) is 0. The van der Waals surface area contributed by atoms with E-state index in [0.717, 1.165) is 25.9 Å². The molecule has 1 aliphatic heterocycles. The molecule has 1 N–H and O–H groups in total. The molecule has 0 aromatic carbocycles. The average molecular weight is 269 g/mol. The van der Waals surface area contributed by atoms with Crippen molar-refractivity contribution < 1.29 is 4.79 Å². The molecule has 1 fully saturated rings. The maximum atomic E-state index is 12.2. The highest BCUT2D eigenvalue weighted by molar-refractivity contribution is 5.94. The number of nitrogens with zero attached hydrogens (tertiary/aromatic N) is 2. The topological polar surface area (TPSA) is 66.1 Å². The number of carbonyl (C=O) groups excluding carboxylic acids is 1. The summed E-state index contributed by atoms with van der Waals surface area (Å²) in [5.74, 6) is -0.184. The van der Waals surface area contributed by atoms with Gasteiger partial charge in [0.2, 0.25) is 0 Å².